The molecular weight excluding hydrogens is 618 g/mol. The van der Waals surface area contributed by atoms with Crippen LogP contribution in [0.15, 0.2) is 35.7 Å². The molecule has 47 heavy (non-hydrogen) atoms. The molecule has 2 aromatic heterocycles. The molecule has 5 rings (SSSR count). The molecule has 1 N–H and O–H groups in total. The van der Waals surface area contributed by atoms with Gasteiger partial charge in [0.05, 0.1) is 19.7 Å². The minimum absolute atomic E-state index is 0.226. The lowest BCUT2D eigenvalue weighted by molar-refractivity contribution is -0.146. The summed E-state index contributed by atoms with van der Waals surface area (Å²) in [6.45, 7) is 2.82. The number of esters is 1. The van der Waals surface area contributed by atoms with Crippen LogP contribution in [0.1, 0.15) is 56.2 Å². The Labute approximate surface area is 279 Å². The second kappa shape index (κ2) is 15.3. The average Bonchev–Trinajstić information content (AvgIpc) is 3.57. The van der Waals surface area contributed by atoms with Gasteiger partial charge in [-0.15, -0.1) is 17.8 Å². The number of carbonyl (C=O) groups excluding carboxylic acids is 3. The number of methoxy groups -OCH3 is 2. The first-order chi connectivity index (χ1) is 22.7. The second-order valence-corrected chi connectivity index (χ2v) is 12.6. The summed E-state index contributed by atoms with van der Waals surface area (Å²) < 4.78 is 17.3. The number of hydrogen-bond acceptors (Lipinski definition) is 9. The van der Waals surface area contributed by atoms with Crippen molar-refractivity contribution in [2.75, 3.05) is 34.4 Å². The highest BCUT2D eigenvalue weighted by Crippen LogP contribution is 2.37. The number of rotatable bonds is 5. The number of allylic oxidation sites excluding steroid dienone is 2. The van der Waals surface area contributed by atoms with Gasteiger partial charge >= 0.3 is 12.0 Å². The van der Waals surface area contributed by atoms with Crippen LogP contribution in [0.4, 0.5) is 4.79 Å². The molecule has 0 spiro atoms. The van der Waals surface area contributed by atoms with Crippen molar-refractivity contribution >= 4 is 40.1 Å². The van der Waals surface area contributed by atoms with Gasteiger partial charge in [0.25, 0.3) is 0 Å². The molecule has 12 heteroatoms. The van der Waals surface area contributed by atoms with Crippen LogP contribution in [0, 0.1) is 19.3 Å². The number of thiazole rings is 1. The fraction of sp³-hybridized carbons (Fsp3) is 0.457. The maximum atomic E-state index is 13.9. The summed E-state index contributed by atoms with van der Waals surface area (Å²) in [6.07, 6.45) is 13.7. The van der Waals surface area contributed by atoms with E-state index >= 15 is 0 Å². The van der Waals surface area contributed by atoms with Gasteiger partial charge in [-0.1, -0.05) is 12.2 Å². The number of urea groups is 1. The molecule has 0 radical (unpaired) electrons. The molecule has 11 nitrogen and oxygen atoms in total. The van der Waals surface area contributed by atoms with Gasteiger partial charge in [0.2, 0.25) is 5.91 Å². The van der Waals surface area contributed by atoms with Gasteiger partial charge in [-0.05, 0) is 57.1 Å². The first-order valence-corrected chi connectivity index (χ1v) is 16.7. The molecule has 0 saturated carbocycles. The highest BCUT2D eigenvalue weighted by molar-refractivity contribution is 7.13. The molecule has 248 valence electrons. The van der Waals surface area contributed by atoms with Crippen LogP contribution in [0.5, 0.6) is 11.5 Å². The topological polar surface area (TPSA) is 123 Å². The fourth-order valence-electron chi connectivity index (χ4n) is 6.05. The molecule has 1 unspecified atom stereocenters. The maximum absolute atomic E-state index is 13.9. The van der Waals surface area contributed by atoms with Crippen molar-refractivity contribution in [2.24, 2.45) is 0 Å². The van der Waals surface area contributed by atoms with Crippen molar-refractivity contribution in [3.8, 4) is 34.5 Å². The third-order valence-corrected chi connectivity index (χ3v) is 9.53. The Kier molecular flexibility index (Phi) is 11.0. The maximum Gasteiger partial charge on any atom is 0.328 e. The van der Waals surface area contributed by atoms with Gasteiger partial charge < -0.3 is 29.3 Å². The Morgan fingerprint density at radius 1 is 1.09 bits per heavy atom. The van der Waals surface area contributed by atoms with E-state index in [1.165, 1.54) is 18.4 Å². The Morgan fingerprint density at radius 2 is 1.89 bits per heavy atom. The number of hydrogen-bond donors (Lipinski definition) is 1. The van der Waals surface area contributed by atoms with Crippen LogP contribution in [0.2, 0.25) is 0 Å². The average molecular weight is 660 g/mol. The predicted molar refractivity (Wildman–Crippen MR) is 180 cm³/mol. The smallest absolute Gasteiger partial charge is 0.328 e. The number of terminal acetylenes is 1. The zero-order valence-electron chi connectivity index (χ0n) is 27.3. The number of ether oxygens (including phenoxy) is 3. The van der Waals surface area contributed by atoms with Gasteiger partial charge in [-0.3, -0.25) is 4.79 Å². The molecule has 3 amide bonds. The molecule has 0 aliphatic carbocycles. The summed E-state index contributed by atoms with van der Waals surface area (Å²) in [5, 5.41) is 6.12. The van der Waals surface area contributed by atoms with Crippen LogP contribution in [-0.4, -0.2) is 90.2 Å². The van der Waals surface area contributed by atoms with Crippen molar-refractivity contribution in [2.45, 2.75) is 70.1 Å². The highest BCUT2D eigenvalue weighted by atomic mass is 32.1. The number of piperidine rings is 1. The van der Waals surface area contributed by atoms with Gasteiger partial charge in [0, 0.05) is 55.4 Å². The zero-order valence-corrected chi connectivity index (χ0v) is 28.1. The Bertz CT molecular complexity index is 1700. The van der Waals surface area contributed by atoms with Crippen LogP contribution >= 0.6 is 11.3 Å². The van der Waals surface area contributed by atoms with E-state index in [0.717, 1.165) is 30.2 Å². The fourth-order valence-corrected chi connectivity index (χ4v) is 6.77. The van der Waals surface area contributed by atoms with Gasteiger partial charge in [0.15, 0.2) is 0 Å². The number of pyridine rings is 1. The number of nitrogens with one attached hydrogen (secondary N) is 1. The van der Waals surface area contributed by atoms with E-state index in [4.69, 9.17) is 25.6 Å². The van der Waals surface area contributed by atoms with Crippen LogP contribution in [0.3, 0.4) is 0 Å². The third-order valence-electron chi connectivity index (χ3n) is 8.67. The number of aromatic nitrogens is 2. The Balaban J connectivity index is 1.48. The Morgan fingerprint density at radius 3 is 2.64 bits per heavy atom. The van der Waals surface area contributed by atoms with Crippen molar-refractivity contribution < 1.29 is 28.6 Å². The van der Waals surface area contributed by atoms with Gasteiger partial charge in [0.1, 0.15) is 46.1 Å². The molecular formula is C35H41N5O6S. The van der Waals surface area contributed by atoms with E-state index in [9.17, 15) is 14.4 Å². The summed E-state index contributed by atoms with van der Waals surface area (Å²) in [5.74, 6) is 2.89. The number of benzene rings is 1. The highest BCUT2D eigenvalue weighted by Gasteiger charge is 2.40. The monoisotopic (exact) mass is 659 g/mol. The van der Waals surface area contributed by atoms with Crippen molar-refractivity contribution in [1.82, 2.24) is 25.1 Å². The van der Waals surface area contributed by atoms with Crippen LogP contribution in [-0.2, 0) is 14.3 Å². The summed E-state index contributed by atoms with van der Waals surface area (Å²) in [6, 6.07) is 3.70. The molecule has 2 aliphatic rings. The van der Waals surface area contributed by atoms with Crippen molar-refractivity contribution in [3.05, 3.63) is 47.0 Å². The van der Waals surface area contributed by atoms with Crippen LogP contribution in [0.25, 0.3) is 21.6 Å². The minimum atomic E-state index is -0.858. The molecule has 3 atom stereocenters. The van der Waals surface area contributed by atoms with Gasteiger partial charge in [-0.2, -0.15) is 0 Å². The van der Waals surface area contributed by atoms with E-state index in [-0.39, 0.29) is 12.5 Å². The summed E-state index contributed by atoms with van der Waals surface area (Å²) in [4.78, 5) is 53.0. The molecule has 1 fully saturated rings. The first kappa shape index (κ1) is 33.7. The first-order valence-electron chi connectivity index (χ1n) is 15.9. The lowest BCUT2D eigenvalue weighted by atomic mass is 9.97. The van der Waals surface area contributed by atoms with E-state index in [0.29, 0.717) is 65.8 Å². The molecule has 4 heterocycles. The second-order valence-electron chi connectivity index (χ2n) is 11.8. The minimum Gasteiger partial charge on any atom is -0.496 e. The molecule has 1 saturated heterocycles. The number of nitrogens with zero attached hydrogens (tertiary/aromatic N) is 4. The lowest BCUT2D eigenvalue weighted by Crippen LogP contribution is -2.59. The normalized spacial score (nSPS) is 21.2. The molecule has 2 aliphatic heterocycles. The van der Waals surface area contributed by atoms with E-state index < -0.39 is 30.1 Å². The number of amides is 3. The standard InChI is InChI=1S/C35H41N5O6S/c1-6-23-21-47-33(36-23)27-20-30(25-14-15-29(44-4)22(2)31(25)37-27)46-24-16-18-40-28(19-24)32(41)38-26(34(42)45-5)13-11-9-7-8-10-12-17-39(3)35(40)43/h1,7,9,14-15,20-21,24,26,28H,8,10-13,16-19H2,2-5H3,(H,38,41)/t24-,26-,28?/m1/s1. The quantitative estimate of drug-likeness (QED) is 0.228. The van der Waals surface area contributed by atoms with Gasteiger partial charge in [-0.25, -0.2) is 19.6 Å². The Hall–Kier alpha value is -4.63. The predicted octanol–water partition coefficient (Wildman–Crippen LogP) is 5.10. The van der Waals surface area contributed by atoms with E-state index in [1.54, 1.807) is 29.3 Å². The van der Waals surface area contributed by atoms with Crippen molar-refractivity contribution in [3.63, 3.8) is 0 Å². The van der Waals surface area contributed by atoms with Crippen LogP contribution < -0.4 is 14.8 Å². The molecule has 3 aromatic rings. The summed E-state index contributed by atoms with van der Waals surface area (Å²) in [7, 11) is 4.68. The SMILES string of the molecule is C#Cc1csc(-c2cc(O[C@@H]3CCN4C(=O)N(C)CCCCC=CCC[C@H](C(=O)OC)NC(=O)C4C3)c3ccc(OC)c(C)c3n2)n1. The largest absolute Gasteiger partial charge is 0.496 e. The van der Waals surface area contributed by atoms with E-state index in [2.05, 4.69) is 22.3 Å². The van der Waals surface area contributed by atoms with E-state index in [1.807, 2.05) is 31.2 Å². The third kappa shape index (κ3) is 7.68. The zero-order chi connectivity index (χ0) is 33.5. The number of aryl methyl sites for hydroxylation is 1. The summed E-state index contributed by atoms with van der Waals surface area (Å²) in [5.41, 5.74) is 2.67. The summed E-state index contributed by atoms with van der Waals surface area (Å²) >= 11 is 1.39. The van der Waals surface area contributed by atoms with Crippen molar-refractivity contribution in [1.29, 1.82) is 0 Å². The number of carbonyl (C=O) groups is 3. The molecule has 0 bridgehead atoms. The molecule has 1 aromatic carbocycles. The lowest BCUT2D eigenvalue weighted by Gasteiger charge is -2.40. The number of fused-ring (bicyclic) bond motifs is 2.